The van der Waals surface area contributed by atoms with Gasteiger partial charge in [0.25, 0.3) is 0 Å². The van der Waals surface area contributed by atoms with E-state index in [0.717, 1.165) is 0 Å². The van der Waals surface area contributed by atoms with Crippen LogP contribution in [0.3, 0.4) is 0 Å². The van der Waals surface area contributed by atoms with Crippen molar-refractivity contribution in [3.8, 4) is 0 Å². The minimum atomic E-state index is -2.50. The number of nitrogens with zero attached hydrogens (tertiary/aromatic N) is 6. The van der Waals surface area contributed by atoms with Crippen molar-refractivity contribution >= 4 is 92.6 Å². The normalized spacial score (nSPS) is 10.5. The van der Waals surface area contributed by atoms with Crippen molar-refractivity contribution in [1.82, 2.24) is 0 Å². The molecule has 95 heavy (non-hydrogen) atoms. The van der Waals surface area contributed by atoms with E-state index in [4.69, 9.17) is 70.3 Å². The number of hydrogen-bond acceptors (Lipinski definition) is 14. The Morgan fingerprint density at radius 3 is 0.400 bits per heavy atom. The molecule has 0 aliphatic rings. The van der Waals surface area contributed by atoms with Gasteiger partial charge < -0.3 is 61.3 Å². The molecule has 0 aliphatic carbocycles. The van der Waals surface area contributed by atoms with Crippen LogP contribution >= 0.6 is 28.9 Å². The van der Waals surface area contributed by atoms with Crippen molar-refractivity contribution < 1.29 is 37.4 Å². The fourth-order valence-corrected chi connectivity index (χ4v) is 29.5. The summed E-state index contributed by atoms with van der Waals surface area (Å²) in [5, 5.41) is 74.1. The van der Waals surface area contributed by atoms with E-state index >= 15 is 0 Å². The SMILES string of the molecule is O=[N+]([O-])[O-].O=[N+]([O-])[O-].O=[N+]([O-])[O-].O=[N+]([O-])[O-].[Fe+2].c1ccc(P(=N[P+](c2ccccc2)(c2ccccc2)c2ccccc2)(c2ccccc2)c2ccccc2)cc1.c1ccc(P(=N[P+](c2ccccc2)(c2ccccc2)c2ccccc2)(c2ccccc2)c2ccccc2)cc1. The molecule has 18 nitrogen and oxygen atoms in total. The predicted molar refractivity (Wildman–Crippen MR) is 387 cm³/mol. The first-order valence-electron chi connectivity index (χ1n) is 28.6. The zero-order chi connectivity index (χ0) is 67.1. The second-order valence-electron chi connectivity index (χ2n) is 19.6. The van der Waals surface area contributed by atoms with Crippen LogP contribution in [0, 0.1) is 61.3 Å². The third kappa shape index (κ3) is 19.2. The Kier molecular flexibility index (Phi) is 28.6. The summed E-state index contributed by atoms with van der Waals surface area (Å²) in [6.45, 7) is 0. The molecule has 0 radical (unpaired) electrons. The summed E-state index contributed by atoms with van der Waals surface area (Å²) in [4.78, 5) is 33.0. The average Bonchev–Trinajstić information content (AvgIpc) is 0.729. The van der Waals surface area contributed by atoms with Crippen LogP contribution < -0.4 is 63.7 Å². The van der Waals surface area contributed by atoms with Crippen molar-refractivity contribution in [2.75, 3.05) is 0 Å². The molecule has 0 aromatic heterocycles. The van der Waals surface area contributed by atoms with Crippen LogP contribution in [0.4, 0.5) is 0 Å². The number of hydrogen-bond donors (Lipinski definition) is 0. The van der Waals surface area contributed by atoms with Crippen molar-refractivity contribution in [3.63, 3.8) is 0 Å². The van der Waals surface area contributed by atoms with E-state index < -0.39 is 49.3 Å². The third-order valence-electron chi connectivity index (χ3n) is 14.1. The summed E-state index contributed by atoms with van der Waals surface area (Å²) in [5.74, 6) is 0. The van der Waals surface area contributed by atoms with Crippen molar-refractivity contribution in [1.29, 1.82) is 0 Å². The maximum atomic E-state index is 8.25. The molecular weight excluding hydrogens is 1320 g/mol. The predicted octanol–water partition coefficient (Wildman–Crippen LogP) is 13.2. The van der Waals surface area contributed by atoms with E-state index in [0.29, 0.717) is 0 Å². The molecule has 12 aromatic rings. The van der Waals surface area contributed by atoms with Gasteiger partial charge in [-0.2, -0.15) is 0 Å². The Hall–Kier alpha value is -10.7. The van der Waals surface area contributed by atoms with Gasteiger partial charge in [-0.15, -0.1) is 9.03 Å². The molecule has 0 N–H and O–H groups in total. The maximum Gasteiger partial charge on any atom is 2.00 e. The largest absolute Gasteiger partial charge is 2.00 e. The van der Waals surface area contributed by atoms with Crippen LogP contribution in [-0.4, -0.2) is 20.3 Å². The van der Waals surface area contributed by atoms with Gasteiger partial charge in [0.1, 0.15) is 45.9 Å². The average molecular weight is 1380 g/mol. The summed E-state index contributed by atoms with van der Waals surface area (Å²) in [5.41, 5.74) is 0. The van der Waals surface area contributed by atoms with Crippen LogP contribution in [0.1, 0.15) is 0 Å². The molecule has 0 heterocycles. The molecule has 0 aliphatic heterocycles. The van der Waals surface area contributed by atoms with Crippen molar-refractivity contribution in [3.05, 3.63) is 425 Å². The van der Waals surface area contributed by atoms with E-state index in [1.165, 1.54) is 63.7 Å². The van der Waals surface area contributed by atoms with Crippen LogP contribution in [0.5, 0.6) is 0 Å². The summed E-state index contributed by atoms with van der Waals surface area (Å²) in [7, 11) is -9.99. The molecule has 23 heteroatoms. The molecule has 0 amide bonds. The second-order valence-corrected chi connectivity index (χ2v) is 32.4. The summed E-state index contributed by atoms with van der Waals surface area (Å²) in [6.07, 6.45) is 0. The zero-order valence-corrected chi connectivity index (χ0v) is 55.0. The first-order valence-corrected chi connectivity index (χ1v) is 35.6. The van der Waals surface area contributed by atoms with E-state index in [1.54, 1.807) is 0 Å². The van der Waals surface area contributed by atoms with Crippen molar-refractivity contribution in [2.24, 2.45) is 9.03 Å². The fourth-order valence-electron chi connectivity index (χ4n) is 10.5. The molecule has 12 aromatic carbocycles. The summed E-state index contributed by atoms with van der Waals surface area (Å²) in [6, 6.07) is 131. The minimum absolute atomic E-state index is 0. The second kappa shape index (κ2) is 37.1. The molecule has 0 saturated heterocycles. The maximum absolute atomic E-state index is 8.25. The van der Waals surface area contributed by atoms with E-state index in [1.807, 2.05) is 0 Å². The van der Waals surface area contributed by atoms with Gasteiger partial charge in [0.2, 0.25) is 14.8 Å². The molecule has 12 rings (SSSR count). The van der Waals surface area contributed by atoms with E-state index in [-0.39, 0.29) is 17.1 Å². The Balaban J connectivity index is 0.000000243. The quantitative estimate of drug-likeness (QED) is 0.0425. The van der Waals surface area contributed by atoms with Crippen LogP contribution in [-0.2, 0) is 17.1 Å². The zero-order valence-electron chi connectivity index (χ0n) is 50.4. The fraction of sp³-hybridized carbons (Fsp3) is 0. The molecule has 0 atom stereocenters. The summed E-state index contributed by atoms with van der Waals surface area (Å²) < 4.78 is 12.8. The molecular formula is C72H60FeN6O12P4. The van der Waals surface area contributed by atoms with Crippen LogP contribution in [0.25, 0.3) is 0 Å². The smallest absolute Gasteiger partial charge is 0.356 e. The number of rotatable bonds is 14. The van der Waals surface area contributed by atoms with Gasteiger partial charge in [-0.25, -0.2) is 0 Å². The van der Waals surface area contributed by atoms with Gasteiger partial charge in [-0.1, -0.05) is 291 Å². The Morgan fingerprint density at radius 2 is 0.295 bits per heavy atom. The van der Waals surface area contributed by atoms with Gasteiger partial charge in [-0.3, -0.25) is 0 Å². The Labute approximate surface area is 561 Å². The monoisotopic (exact) mass is 1380 g/mol. The molecule has 0 bridgehead atoms. The van der Waals surface area contributed by atoms with E-state index in [9.17, 15) is 0 Å². The Morgan fingerprint density at radius 1 is 0.200 bits per heavy atom. The van der Waals surface area contributed by atoms with Gasteiger partial charge in [0.15, 0.2) is 0 Å². The number of benzene rings is 12. The minimum Gasteiger partial charge on any atom is -0.356 e. The first-order chi connectivity index (χ1) is 45.6. The van der Waals surface area contributed by atoms with Gasteiger partial charge in [0.05, 0.1) is 20.3 Å². The topological polar surface area (TPSA) is 290 Å². The van der Waals surface area contributed by atoms with Gasteiger partial charge >= 0.3 is 17.1 Å². The standard InChI is InChI=1S/2C36H30NP2.Fe.4NO3/c2*1-7-19-31(20-8-1)38(32-21-9-2-10-22-32,33-23-11-3-12-24-33)37-39(34-25-13-4-14-26-34,35-27-15-5-16-28-35)36-29-17-6-18-30-36;;4*2-1(3)4/h2*1-30H;;;;;/q2*+1;+2;4*-1. The first kappa shape index (κ1) is 73.3. The van der Waals surface area contributed by atoms with Gasteiger partial charge in [0, 0.05) is 31.8 Å². The molecule has 0 fully saturated rings. The molecule has 0 unspecified atom stereocenters. The van der Waals surface area contributed by atoms with Crippen LogP contribution in [0.2, 0.25) is 0 Å². The van der Waals surface area contributed by atoms with Crippen LogP contribution in [0.15, 0.2) is 373 Å². The van der Waals surface area contributed by atoms with E-state index in [2.05, 4.69) is 364 Å². The molecule has 0 spiro atoms. The van der Waals surface area contributed by atoms with Crippen molar-refractivity contribution in [2.45, 2.75) is 0 Å². The Bertz CT molecular complexity index is 3660. The third-order valence-corrected chi connectivity index (χ3v) is 30.9. The summed E-state index contributed by atoms with van der Waals surface area (Å²) >= 11 is 0. The van der Waals surface area contributed by atoms with Gasteiger partial charge in [-0.05, 0) is 72.8 Å². The molecule has 0 saturated carbocycles. The molecule has 478 valence electrons.